The Labute approximate surface area is 123 Å². The van der Waals surface area contributed by atoms with Gasteiger partial charge in [-0.15, -0.1) is 0 Å². The molecule has 0 aliphatic heterocycles. The van der Waals surface area contributed by atoms with Crippen molar-refractivity contribution < 1.29 is 9.90 Å². The van der Waals surface area contributed by atoms with Gasteiger partial charge in [0.2, 0.25) is 0 Å². The minimum Gasteiger partial charge on any atom is -0.508 e. The van der Waals surface area contributed by atoms with Crippen LogP contribution in [-0.2, 0) is 11.2 Å². The fourth-order valence-corrected chi connectivity index (χ4v) is 1.77. The summed E-state index contributed by atoms with van der Waals surface area (Å²) in [7, 11) is 0. The van der Waals surface area contributed by atoms with E-state index in [2.05, 4.69) is 10.5 Å². The minimum atomic E-state index is -0.692. The van der Waals surface area contributed by atoms with Crippen molar-refractivity contribution in [2.45, 2.75) is 12.5 Å². The number of carbonyl (C=O) groups is 1. The van der Waals surface area contributed by atoms with Gasteiger partial charge in [0.25, 0.3) is 5.91 Å². The Hall–Kier alpha value is -2.66. The van der Waals surface area contributed by atoms with Crippen LogP contribution in [0.3, 0.4) is 0 Å². The van der Waals surface area contributed by atoms with Crippen molar-refractivity contribution in [2.75, 3.05) is 0 Å². The predicted octanol–water partition coefficient (Wildman–Crippen LogP) is 1.41. The summed E-state index contributed by atoms with van der Waals surface area (Å²) in [5.41, 5.74) is 10.0. The summed E-state index contributed by atoms with van der Waals surface area (Å²) in [6.07, 6.45) is 1.94. The molecule has 1 atom stereocenters. The Morgan fingerprint density at radius 1 is 1.19 bits per heavy atom. The Bertz CT molecular complexity index is 609. The highest BCUT2D eigenvalue weighted by Crippen LogP contribution is 2.10. The number of hydrazone groups is 1. The average molecular weight is 283 g/mol. The molecule has 21 heavy (non-hydrogen) atoms. The van der Waals surface area contributed by atoms with E-state index in [0.717, 1.165) is 11.1 Å². The monoisotopic (exact) mass is 283 g/mol. The number of rotatable bonds is 5. The second-order valence-corrected chi connectivity index (χ2v) is 4.62. The number of nitrogens with zero attached hydrogens (tertiary/aromatic N) is 1. The first kappa shape index (κ1) is 14.7. The lowest BCUT2D eigenvalue weighted by Crippen LogP contribution is -2.39. The normalized spacial score (nSPS) is 12.2. The topological polar surface area (TPSA) is 87.7 Å². The largest absolute Gasteiger partial charge is 0.508 e. The van der Waals surface area contributed by atoms with Crippen LogP contribution in [0.5, 0.6) is 5.75 Å². The van der Waals surface area contributed by atoms with Gasteiger partial charge in [0.15, 0.2) is 0 Å². The zero-order valence-electron chi connectivity index (χ0n) is 11.4. The molecule has 0 aromatic heterocycles. The molecule has 108 valence electrons. The van der Waals surface area contributed by atoms with Crippen molar-refractivity contribution in [1.82, 2.24) is 5.43 Å². The van der Waals surface area contributed by atoms with Crippen LogP contribution in [0.1, 0.15) is 11.1 Å². The Morgan fingerprint density at radius 3 is 2.52 bits per heavy atom. The summed E-state index contributed by atoms with van der Waals surface area (Å²) < 4.78 is 0. The molecule has 4 N–H and O–H groups in total. The van der Waals surface area contributed by atoms with E-state index in [-0.39, 0.29) is 11.7 Å². The minimum absolute atomic E-state index is 0.184. The number of nitrogens with one attached hydrogen (secondary N) is 1. The molecule has 0 spiro atoms. The number of carbonyl (C=O) groups excluding carboxylic acids is 1. The van der Waals surface area contributed by atoms with Crippen molar-refractivity contribution >= 4 is 12.1 Å². The van der Waals surface area contributed by atoms with Gasteiger partial charge >= 0.3 is 0 Å². The summed E-state index contributed by atoms with van der Waals surface area (Å²) in [4.78, 5) is 11.8. The van der Waals surface area contributed by atoms with Gasteiger partial charge in [-0.05, 0) is 29.7 Å². The van der Waals surface area contributed by atoms with Crippen LogP contribution < -0.4 is 11.2 Å². The van der Waals surface area contributed by atoms with Crippen molar-refractivity contribution in [3.8, 4) is 5.75 Å². The Morgan fingerprint density at radius 2 is 1.86 bits per heavy atom. The molecule has 2 aromatic rings. The maximum absolute atomic E-state index is 11.8. The van der Waals surface area contributed by atoms with Crippen LogP contribution in [0.2, 0.25) is 0 Å². The van der Waals surface area contributed by atoms with E-state index >= 15 is 0 Å². The first-order valence-corrected chi connectivity index (χ1v) is 6.56. The molecule has 1 unspecified atom stereocenters. The molecule has 0 saturated heterocycles. The van der Waals surface area contributed by atoms with E-state index < -0.39 is 6.04 Å². The lowest BCUT2D eigenvalue weighted by molar-refractivity contribution is -0.122. The number of amides is 1. The van der Waals surface area contributed by atoms with Crippen LogP contribution in [0, 0.1) is 0 Å². The van der Waals surface area contributed by atoms with Gasteiger partial charge in [0, 0.05) is 0 Å². The SMILES string of the molecule is NC(Cc1ccc(O)cc1)C(=O)N/N=C/c1ccccc1. The predicted molar refractivity (Wildman–Crippen MR) is 82.0 cm³/mol. The molecule has 0 radical (unpaired) electrons. The molecule has 0 bridgehead atoms. The molecule has 0 aliphatic carbocycles. The van der Waals surface area contributed by atoms with Crippen molar-refractivity contribution in [3.05, 3.63) is 65.7 Å². The standard InChI is InChI=1S/C16H17N3O2/c17-15(10-12-6-8-14(20)9-7-12)16(21)19-18-11-13-4-2-1-3-5-13/h1-9,11,15,20H,10,17H2,(H,19,21)/b18-11+. The summed E-state index contributed by atoms with van der Waals surface area (Å²) in [5, 5.41) is 13.1. The molecular formula is C16H17N3O2. The molecule has 5 heteroatoms. The average Bonchev–Trinajstić information content (AvgIpc) is 2.50. The maximum Gasteiger partial charge on any atom is 0.257 e. The quantitative estimate of drug-likeness (QED) is 0.572. The molecule has 1 amide bonds. The van der Waals surface area contributed by atoms with E-state index in [0.29, 0.717) is 6.42 Å². The molecule has 2 aromatic carbocycles. The third-order valence-corrected chi connectivity index (χ3v) is 2.92. The third kappa shape index (κ3) is 4.74. The third-order valence-electron chi connectivity index (χ3n) is 2.92. The number of phenolic OH excluding ortho intramolecular Hbond substituents is 1. The van der Waals surface area contributed by atoms with E-state index in [1.54, 1.807) is 30.5 Å². The van der Waals surface area contributed by atoms with Gasteiger partial charge in [-0.25, -0.2) is 5.43 Å². The number of hydrogen-bond donors (Lipinski definition) is 3. The van der Waals surface area contributed by atoms with Crippen molar-refractivity contribution in [2.24, 2.45) is 10.8 Å². The number of benzene rings is 2. The number of phenols is 1. The molecular weight excluding hydrogens is 266 g/mol. The number of aromatic hydroxyl groups is 1. The second kappa shape index (κ2) is 7.21. The van der Waals surface area contributed by atoms with Gasteiger partial charge in [0.1, 0.15) is 5.75 Å². The van der Waals surface area contributed by atoms with Crippen molar-refractivity contribution in [1.29, 1.82) is 0 Å². The zero-order chi connectivity index (χ0) is 15.1. The highest BCUT2D eigenvalue weighted by molar-refractivity contribution is 5.84. The molecule has 5 nitrogen and oxygen atoms in total. The van der Waals surface area contributed by atoms with Gasteiger partial charge < -0.3 is 10.8 Å². The smallest absolute Gasteiger partial charge is 0.257 e. The molecule has 0 aliphatic rings. The highest BCUT2D eigenvalue weighted by Gasteiger charge is 2.13. The summed E-state index contributed by atoms with van der Waals surface area (Å²) in [6.45, 7) is 0. The van der Waals surface area contributed by atoms with Gasteiger partial charge in [0.05, 0.1) is 12.3 Å². The summed E-state index contributed by atoms with van der Waals surface area (Å²) in [5.74, 6) is -0.167. The number of nitrogens with two attached hydrogens (primary N) is 1. The molecule has 0 heterocycles. The van der Waals surface area contributed by atoms with E-state index in [1.807, 2.05) is 30.3 Å². The lowest BCUT2D eigenvalue weighted by Gasteiger charge is -2.09. The Kier molecular flexibility index (Phi) is 5.06. The Balaban J connectivity index is 1.85. The van der Waals surface area contributed by atoms with Crippen LogP contribution in [-0.4, -0.2) is 23.3 Å². The van der Waals surface area contributed by atoms with Crippen LogP contribution in [0.25, 0.3) is 0 Å². The van der Waals surface area contributed by atoms with Crippen molar-refractivity contribution in [3.63, 3.8) is 0 Å². The first-order chi connectivity index (χ1) is 10.1. The molecule has 2 rings (SSSR count). The lowest BCUT2D eigenvalue weighted by atomic mass is 10.1. The fraction of sp³-hybridized carbons (Fsp3) is 0.125. The number of hydrogen-bond acceptors (Lipinski definition) is 4. The fourth-order valence-electron chi connectivity index (χ4n) is 1.77. The van der Waals surface area contributed by atoms with Gasteiger partial charge in [-0.1, -0.05) is 42.5 Å². The zero-order valence-corrected chi connectivity index (χ0v) is 11.4. The molecule has 0 saturated carbocycles. The second-order valence-electron chi connectivity index (χ2n) is 4.62. The molecule has 0 fully saturated rings. The van der Waals surface area contributed by atoms with Gasteiger partial charge in [-0.3, -0.25) is 4.79 Å². The summed E-state index contributed by atoms with van der Waals surface area (Å²) in [6, 6.07) is 15.3. The maximum atomic E-state index is 11.8. The van der Waals surface area contributed by atoms with E-state index in [4.69, 9.17) is 5.73 Å². The highest BCUT2D eigenvalue weighted by atomic mass is 16.3. The first-order valence-electron chi connectivity index (χ1n) is 6.56. The van der Waals surface area contributed by atoms with Crippen LogP contribution in [0.4, 0.5) is 0 Å². The van der Waals surface area contributed by atoms with Gasteiger partial charge in [-0.2, -0.15) is 5.10 Å². The van der Waals surface area contributed by atoms with Crippen LogP contribution in [0.15, 0.2) is 59.7 Å². The van der Waals surface area contributed by atoms with E-state index in [1.165, 1.54) is 0 Å². The van der Waals surface area contributed by atoms with Crippen LogP contribution >= 0.6 is 0 Å². The summed E-state index contributed by atoms with van der Waals surface area (Å²) >= 11 is 0. The van der Waals surface area contributed by atoms with E-state index in [9.17, 15) is 9.90 Å².